The Morgan fingerprint density at radius 1 is 1.35 bits per heavy atom. The van der Waals surface area contributed by atoms with Crippen LogP contribution in [0.5, 0.6) is 0 Å². The third kappa shape index (κ3) is 5.28. The van der Waals surface area contributed by atoms with Crippen LogP contribution in [0.1, 0.15) is 32.4 Å². The highest BCUT2D eigenvalue weighted by Crippen LogP contribution is 2.28. The van der Waals surface area contributed by atoms with E-state index in [-0.39, 0.29) is 6.10 Å². The van der Waals surface area contributed by atoms with Gasteiger partial charge in [0, 0.05) is 12.1 Å². The van der Waals surface area contributed by atoms with Gasteiger partial charge in [-0.05, 0) is 26.8 Å². The van der Waals surface area contributed by atoms with Crippen molar-refractivity contribution in [1.29, 1.82) is 0 Å². The molecule has 0 aliphatic carbocycles. The number of carbonyl (C=O) groups excluding carboxylic acids is 1. The molecule has 0 saturated heterocycles. The molecule has 0 spiro atoms. The monoisotopic (exact) mass is 321 g/mol. The Balaban J connectivity index is 2.95. The molecule has 0 saturated carbocycles. The molecule has 1 amide bonds. The lowest BCUT2D eigenvalue weighted by Crippen LogP contribution is -2.31. The van der Waals surface area contributed by atoms with Crippen molar-refractivity contribution in [2.45, 2.75) is 26.9 Å². The first kappa shape index (κ1) is 18.5. The number of nitrogens with zero attached hydrogens (tertiary/aromatic N) is 3. The summed E-state index contributed by atoms with van der Waals surface area (Å²) < 4.78 is 4.82. The van der Waals surface area contributed by atoms with Gasteiger partial charge in [-0.2, -0.15) is 0 Å². The maximum Gasteiger partial charge on any atom is 0.413 e. The Kier molecular flexibility index (Phi) is 7.59. The lowest BCUT2D eigenvalue weighted by molar-refractivity contribution is 0.0741. The predicted octanol–water partition coefficient (Wildman–Crippen LogP) is 3.37. The van der Waals surface area contributed by atoms with Gasteiger partial charge in [-0.3, -0.25) is 4.90 Å². The third-order valence-corrected chi connectivity index (χ3v) is 3.07. The topological polar surface area (TPSA) is 72.7 Å². The first-order valence-electron chi connectivity index (χ1n) is 7.26. The number of anilines is 1. The van der Waals surface area contributed by atoms with Gasteiger partial charge >= 0.3 is 6.09 Å². The maximum atomic E-state index is 11.9. The average Bonchev–Trinajstić information content (AvgIpc) is 2.56. The SMILES string of the molecule is CCN(C(=O)OC)c1ccccc1C(C)O/N=C/C(C)=N/OC. The Labute approximate surface area is 136 Å². The van der Waals surface area contributed by atoms with Crippen molar-refractivity contribution in [2.24, 2.45) is 10.3 Å². The highest BCUT2D eigenvalue weighted by atomic mass is 16.6. The Morgan fingerprint density at radius 3 is 2.65 bits per heavy atom. The molecule has 7 nitrogen and oxygen atoms in total. The van der Waals surface area contributed by atoms with E-state index in [0.29, 0.717) is 12.3 Å². The fraction of sp³-hybridized carbons (Fsp3) is 0.438. The molecule has 0 N–H and O–H groups in total. The second kappa shape index (κ2) is 9.45. The molecule has 1 atom stereocenters. The minimum atomic E-state index is -0.418. The van der Waals surface area contributed by atoms with Gasteiger partial charge in [0.25, 0.3) is 0 Å². The van der Waals surface area contributed by atoms with Crippen molar-refractivity contribution in [3.63, 3.8) is 0 Å². The maximum absolute atomic E-state index is 11.9. The van der Waals surface area contributed by atoms with Gasteiger partial charge in [0.15, 0.2) is 6.10 Å². The molecule has 7 heteroatoms. The smallest absolute Gasteiger partial charge is 0.413 e. The number of rotatable bonds is 7. The summed E-state index contributed by atoms with van der Waals surface area (Å²) in [6, 6.07) is 7.47. The highest BCUT2D eigenvalue weighted by molar-refractivity contribution is 6.29. The van der Waals surface area contributed by atoms with Gasteiger partial charge in [-0.1, -0.05) is 28.5 Å². The number of amides is 1. The molecule has 0 aliphatic rings. The number of benzene rings is 1. The lowest BCUT2D eigenvalue weighted by atomic mass is 10.1. The number of hydrogen-bond acceptors (Lipinski definition) is 6. The summed E-state index contributed by atoms with van der Waals surface area (Å²) in [7, 11) is 2.82. The normalized spacial score (nSPS) is 12.8. The van der Waals surface area contributed by atoms with Gasteiger partial charge in [0.05, 0.1) is 24.7 Å². The summed E-state index contributed by atoms with van der Waals surface area (Å²) >= 11 is 0. The summed E-state index contributed by atoms with van der Waals surface area (Å²) in [5, 5.41) is 7.59. The van der Waals surface area contributed by atoms with E-state index in [1.807, 2.05) is 38.1 Å². The minimum Gasteiger partial charge on any atom is -0.452 e. The van der Waals surface area contributed by atoms with Crippen LogP contribution in [0.15, 0.2) is 34.6 Å². The van der Waals surface area contributed by atoms with E-state index in [9.17, 15) is 4.79 Å². The standard InChI is InChI=1S/C16H23N3O4/c1-6-19(16(20)21-4)15-10-8-7-9-14(15)13(3)23-17-11-12(2)18-22-5/h7-11,13H,6H2,1-5H3/b17-11+,18-12+. The minimum absolute atomic E-state index is 0.350. The molecule has 126 valence electrons. The van der Waals surface area contributed by atoms with Crippen molar-refractivity contribution in [2.75, 3.05) is 25.7 Å². The van der Waals surface area contributed by atoms with Crippen molar-refractivity contribution in [3.05, 3.63) is 29.8 Å². The molecule has 0 radical (unpaired) electrons. The average molecular weight is 321 g/mol. The number of hydrogen-bond donors (Lipinski definition) is 0. The molecular weight excluding hydrogens is 298 g/mol. The summed E-state index contributed by atoms with van der Waals surface area (Å²) in [5.41, 5.74) is 2.14. The van der Waals surface area contributed by atoms with Crippen molar-refractivity contribution in [1.82, 2.24) is 0 Å². The van der Waals surface area contributed by atoms with Crippen LogP contribution in [0.4, 0.5) is 10.5 Å². The van der Waals surface area contributed by atoms with Gasteiger partial charge in [0.1, 0.15) is 7.11 Å². The van der Waals surface area contributed by atoms with Gasteiger partial charge in [-0.15, -0.1) is 0 Å². The molecule has 1 aromatic rings. The molecule has 0 heterocycles. The van der Waals surface area contributed by atoms with Crippen LogP contribution in [0.2, 0.25) is 0 Å². The molecule has 1 aromatic carbocycles. The molecule has 0 aliphatic heterocycles. The van der Waals surface area contributed by atoms with E-state index in [4.69, 9.17) is 9.57 Å². The van der Waals surface area contributed by atoms with Gasteiger partial charge in [0.2, 0.25) is 0 Å². The predicted molar refractivity (Wildman–Crippen MR) is 90.0 cm³/mol. The van der Waals surface area contributed by atoms with Crippen molar-refractivity contribution >= 4 is 23.7 Å². The number of para-hydroxylation sites is 1. The summed E-state index contributed by atoms with van der Waals surface area (Å²) in [4.78, 5) is 23.5. The second-order valence-corrected chi connectivity index (χ2v) is 4.67. The molecule has 0 aromatic heterocycles. The summed E-state index contributed by atoms with van der Waals surface area (Å²) in [6.45, 7) is 5.95. The first-order chi connectivity index (χ1) is 11.0. The molecule has 1 unspecified atom stereocenters. The fourth-order valence-corrected chi connectivity index (χ4v) is 2.01. The summed E-state index contributed by atoms with van der Waals surface area (Å²) in [5.74, 6) is 0. The van der Waals surface area contributed by atoms with Crippen LogP contribution in [0.3, 0.4) is 0 Å². The van der Waals surface area contributed by atoms with Crippen molar-refractivity contribution < 1.29 is 19.2 Å². The van der Waals surface area contributed by atoms with Crippen LogP contribution < -0.4 is 4.90 Å². The fourth-order valence-electron chi connectivity index (χ4n) is 2.01. The highest BCUT2D eigenvalue weighted by Gasteiger charge is 2.20. The second-order valence-electron chi connectivity index (χ2n) is 4.67. The molecule has 1 rings (SSSR count). The number of oxime groups is 2. The molecule has 0 fully saturated rings. The zero-order valence-corrected chi connectivity index (χ0v) is 14.1. The Morgan fingerprint density at radius 2 is 2.04 bits per heavy atom. The van der Waals surface area contributed by atoms with Crippen LogP contribution in [0, 0.1) is 0 Å². The zero-order valence-electron chi connectivity index (χ0n) is 14.1. The summed E-state index contributed by atoms with van der Waals surface area (Å²) in [6.07, 6.45) is 0.691. The quantitative estimate of drug-likeness (QED) is 0.570. The van der Waals surface area contributed by atoms with E-state index >= 15 is 0 Å². The van der Waals surface area contributed by atoms with E-state index in [1.165, 1.54) is 25.3 Å². The van der Waals surface area contributed by atoms with Gasteiger partial charge < -0.3 is 14.4 Å². The van der Waals surface area contributed by atoms with E-state index in [2.05, 4.69) is 15.1 Å². The van der Waals surface area contributed by atoms with Gasteiger partial charge in [-0.25, -0.2) is 4.79 Å². The third-order valence-electron chi connectivity index (χ3n) is 3.07. The van der Waals surface area contributed by atoms with Crippen molar-refractivity contribution in [3.8, 4) is 0 Å². The van der Waals surface area contributed by atoms with Crippen LogP contribution >= 0.6 is 0 Å². The molecular formula is C16H23N3O4. The van der Waals surface area contributed by atoms with E-state index < -0.39 is 6.09 Å². The number of methoxy groups -OCH3 is 1. The number of ether oxygens (including phenoxy) is 1. The zero-order chi connectivity index (χ0) is 17.2. The Hall–Kier alpha value is -2.57. The molecule has 23 heavy (non-hydrogen) atoms. The largest absolute Gasteiger partial charge is 0.452 e. The van der Waals surface area contributed by atoms with E-state index in [0.717, 1.165) is 11.3 Å². The molecule has 0 bridgehead atoms. The Bertz CT molecular complexity index is 572. The van der Waals surface area contributed by atoms with Crippen LogP contribution in [-0.4, -0.2) is 38.8 Å². The lowest BCUT2D eigenvalue weighted by Gasteiger charge is -2.24. The van der Waals surface area contributed by atoms with E-state index in [1.54, 1.807) is 6.92 Å². The number of carbonyl (C=O) groups is 1. The van der Waals surface area contributed by atoms with Crippen LogP contribution in [-0.2, 0) is 14.4 Å². The first-order valence-corrected chi connectivity index (χ1v) is 7.26. The van der Waals surface area contributed by atoms with Crippen LogP contribution in [0.25, 0.3) is 0 Å².